The van der Waals surface area contributed by atoms with Gasteiger partial charge in [0.05, 0.1) is 19.1 Å². The average Bonchev–Trinajstić information content (AvgIpc) is 2.07. The summed E-state index contributed by atoms with van der Waals surface area (Å²) in [5, 5.41) is 8.95. The first-order valence-electron chi connectivity index (χ1n) is 5.14. The Balaban J connectivity index is 1.88. The number of rotatable bonds is 7. The van der Waals surface area contributed by atoms with Crippen molar-refractivity contribution in [1.29, 1.82) is 0 Å². The third kappa shape index (κ3) is 4.62. The minimum atomic E-state index is -0.819. The smallest absolute Gasteiger partial charge is 0.308 e. The van der Waals surface area contributed by atoms with Crippen LogP contribution in [0.2, 0.25) is 0 Å². The molecule has 1 rings (SSSR count). The maximum Gasteiger partial charge on any atom is 0.308 e. The summed E-state index contributed by atoms with van der Waals surface area (Å²) < 4.78 is 4.99. The zero-order valence-electron chi connectivity index (χ0n) is 8.52. The van der Waals surface area contributed by atoms with E-state index in [-0.39, 0.29) is 18.5 Å². The number of hydrogen-bond donors (Lipinski definition) is 0. The van der Waals surface area contributed by atoms with Crippen LogP contribution in [0.5, 0.6) is 0 Å². The normalized spacial score (nSPS) is 15.5. The van der Waals surface area contributed by atoms with Gasteiger partial charge in [-0.15, -0.1) is 10.1 Å². The second-order valence-corrected chi connectivity index (χ2v) is 3.56. The summed E-state index contributed by atoms with van der Waals surface area (Å²) in [5.74, 6) is -0.0310. The zero-order chi connectivity index (χ0) is 11.1. The lowest BCUT2D eigenvalue weighted by Crippen LogP contribution is -2.24. The van der Waals surface area contributed by atoms with Crippen molar-refractivity contribution in [3.63, 3.8) is 0 Å². The highest BCUT2D eigenvalue weighted by Crippen LogP contribution is 2.27. The number of unbranched alkanes of at least 4 members (excludes halogenated alkanes) is 1. The van der Waals surface area contributed by atoms with Crippen LogP contribution in [-0.4, -0.2) is 24.3 Å². The molecule has 86 valence electrons. The van der Waals surface area contributed by atoms with Gasteiger partial charge in [0.25, 0.3) is 5.09 Å². The second kappa shape index (κ2) is 6.21. The van der Waals surface area contributed by atoms with E-state index in [2.05, 4.69) is 4.84 Å². The van der Waals surface area contributed by atoms with Crippen molar-refractivity contribution < 1.29 is 19.5 Å². The first kappa shape index (κ1) is 11.7. The molecule has 6 heteroatoms. The number of ether oxygens (including phenoxy) is 1. The molecule has 15 heavy (non-hydrogen) atoms. The lowest BCUT2D eigenvalue weighted by Gasteiger charge is -2.22. The fourth-order valence-corrected chi connectivity index (χ4v) is 1.28. The van der Waals surface area contributed by atoms with Gasteiger partial charge in [0, 0.05) is 0 Å². The van der Waals surface area contributed by atoms with Crippen molar-refractivity contribution in [2.24, 2.45) is 5.92 Å². The van der Waals surface area contributed by atoms with Gasteiger partial charge in [-0.2, -0.15) is 0 Å². The molecule has 0 saturated heterocycles. The topological polar surface area (TPSA) is 78.7 Å². The van der Waals surface area contributed by atoms with Crippen molar-refractivity contribution in [2.45, 2.75) is 32.1 Å². The van der Waals surface area contributed by atoms with Crippen LogP contribution in [0.3, 0.4) is 0 Å². The van der Waals surface area contributed by atoms with Gasteiger partial charge in [-0.25, -0.2) is 0 Å². The largest absolute Gasteiger partial charge is 0.465 e. The molecule has 1 fully saturated rings. The molecule has 0 N–H and O–H groups in total. The van der Waals surface area contributed by atoms with Gasteiger partial charge >= 0.3 is 5.97 Å². The molecule has 1 aliphatic carbocycles. The highest BCUT2D eigenvalue weighted by atomic mass is 16.9. The predicted octanol–water partition coefficient (Wildman–Crippen LogP) is 1.32. The molecule has 1 aliphatic rings. The fourth-order valence-electron chi connectivity index (χ4n) is 1.28. The summed E-state index contributed by atoms with van der Waals surface area (Å²) in [6.45, 7) is 0.393. The monoisotopic (exact) mass is 217 g/mol. The minimum absolute atomic E-state index is 0.0635. The second-order valence-electron chi connectivity index (χ2n) is 3.56. The van der Waals surface area contributed by atoms with E-state index >= 15 is 0 Å². The number of carbonyl (C=O) groups excluding carboxylic acids is 1. The van der Waals surface area contributed by atoms with Gasteiger partial charge in [0.1, 0.15) is 0 Å². The Morgan fingerprint density at radius 2 is 2.00 bits per heavy atom. The van der Waals surface area contributed by atoms with E-state index in [1.54, 1.807) is 0 Å². The van der Waals surface area contributed by atoms with E-state index < -0.39 is 5.09 Å². The molecule has 0 aromatic heterocycles. The fraction of sp³-hybridized carbons (Fsp3) is 0.889. The maximum absolute atomic E-state index is 11.2. The molecule has 0 aromatic rings. The number of esters is 1. The summed E-state index contributed by atoms with van der Waals surface area (Å²) in [6, 6.07) is 0. The van der Waals surface area contributed by atoms with Crippen molar-refractivity contribution in [2.75, 3.05) is 13.2 Å². The molecule has 0 aromatic carbocycles. The molecule has 0 atom stereocenters. The van der Waals surface area contributed by atoms with Crippen molar-refractivity contribution >= 4 is 5.97 Å². The average molecular weight is 217 g/mol. The third-order valence-corrected chi connectivity index (χ3v) is 2.42. The highest BCUT2D eigenvalue weighted by molar-refractivity contribution is 5.73. The Morgan fingerprint density at radius 1 is 1.33 bits per heavy atom. The van der Waals surface area contributed by atoms with Gasteiger partial charge in [-0.3, -0.25) is 4.79 Å². The molecule has 6 nitrogen and oxygen atoms in total. The predicted molar refractivity (Wildman–Crippen MR) is 50.5 cm³/mol. The SMILES string of the molecule is O=C(OCCCCO[N+](=O)[O-])C1CCC1. The van der Waals surface area contributed by atoms with Gasteiger partial charge in [-0.05, 0) is 25.7 Å². The van der Waals surface area contributed by atoms with Crippen LogP contribution in [0.4, 0.5) is 0 Å². The molecule has 0 bridgehead atoms. The first-order valence-corrected chi connectivity index (χ1v) is 5.14. The Morgan fingerprint density at radius 3 is 2.53 bits per heavy atom. The molecular formula is C9H15NO5. The first-order chi connectivity index (χ1) is 7.20. The van der Waals surface area contributed by atoms with Gasteiger partial charge < -0.3 is 9.57 Å². The highest BCUT2D eigenvalue weighted by Gasteiger charge is 2.26. The lowest BCUT2D eigenvalue weighted by molar-refractivity contribution is -0.757. The van der Waals surface area contributed by atoms with Crippen LogP contribution >= 0.6 is 0 Å². The van der Waals surface area contributed by atoms with E-state index in [0.29, 0.717) is 19.4 Å². The number of nitrogens with zero attached hydrogens (tertiary/aromatic N) is 1. The standard InChI is InChI=1S/C9H15NO5/c11-9(8-4-3-5-8)14-6-1-2-7-15-10(12)13/h8H,1-7H2. The van der Waals surface area contributed by atoms with Crippen LogP contribution in [0.15, 0.2) is 0 Å². The Hall–Kier alpha value is -1.33. The lowest BCUT2D eigenvalue weighted by atomic mass is 9.86. The van der Waals surface area contributed by atoms with E-state index in [1.165, 1.54) is 0 Å². The number of hydrogen-bond acceptors (Lipinski definition) is 5. The van der Waals surface area contributed by atoms with Gasteiger partial charge in [0.2, 0.25) is 0 Å². The van der Waals surface area contributed by atoms with Gasteiger partial charge in [0.15, 0.2) is 0 Å². The summed E-state index contributed by atoms with van der Waals surface area (Å²) in [7, 11) is 0. The summed E-state index contributed by atoms with van der Waals surface area (Å²) >= 11 is 0. The molecule has 0 aliphatic heterocycles. The molecular weight excluding hydrogens is 202 g/mol. The molecule has 0 radical (unpaired) electrons. The number of carbonyl (C=O) groups is 1. The van der Waals surface area contributed by atoms with E-state index in [1.807, 2.05) is 0 Å². The minimum Gasteiger partial charge on any atom is -0.465 e. The van der Waals surface area contributed by atoms with E-state index in [9.17, 15) is 14.9 Å². The quantitative estimate of drug-likeness (QED) is 0.278. The maximum atomic E-state index is 11.2. The molecule has 0 amide bonds. The molecule has 0 heterocycles. The van der Waals surface area contributed by atoms with Crippen molar-refractivity contribution in [3.8, 4) is 0 Å². The van der Waals surface area contributed by atoms with Crippen LogP contribution in [0, 0.1) is 16.0 Å². The van der Waals surface area contributed by atoms with Gasteiger partial charge in [-0.1, -0.05) is 6.42 Å². The summed E-state index contributed by atoms with van der Waals surface area (Å²) in [4.78, 5) is 25.1. The summed E-state index contributed by atoms with van der Waals surface area (Å²) in [5.41, 5.74) is 0. The van der Waals surface area contributed by atoms with Crippen LogP contribution < -0.4 is 0 Å². The molecule has 1 saturated carbocycles. The van der Waals surface area contributed by atoms with E-state index in [0.717, 1.165) is 19.3 Å². The Labute approximate surface area is 87.6 Å². The zero-order valence-corrected chi connectivity index (χ0v) is 8.52. The Bertz CT molecular complexity index is 227. The summed E-state index contributed by atoms with van der Waals surface area (Å²) in [6.07, 6.45) is 4.11. The third-order valence-electron chi connectivity index (χ3n) is 2.42. The molecule has 0 spiro atoms. The van der Waals surface area contributed by atoms with Crippen LogP contribution in [-0.2, 0) is 14.4 Å². The van der Waals surface area contributed by atoms with Crippen molar-refractivity contribution in [3.05, 3.63) is 10.1 Å². The van der Waals surface area contributed by atoms with Crippen molar-refractivity contribution in [1.82, 2.24) is 0 Å². The Kier molecular flexibility index (Phi) is 4.86. The van der Waals surface area contributed by atoms with E-state index in [4.69, 9.17) is 4.74 Å². The van der Waals surface area contributed by atoms with Crippen LogP contribution in [0.1, 0.15) is 32.1 Å². The molecule has 0 unspecified atom stereocenters. The van der Waals surface area contributed by atoms with Crippen LogP contribution in [0.25, 0.3) is 0 Å².